The van der Waals surface area contributed by atoms with Crippen LogP contribution < -0.4 is 0 Å². The van der Waals surface area contributed by atoms with Crippen LogP contribution in [0.5, 0.6) is 0 Å². The van der Waals surface area contributed by atoms with E-state index in [1.54, 1.807) is 6.20 Å². The van der Waals surface area contributed by atoms with Crippen molar-refractivity contribution in [3.63, 3.8) is 0 Å². The molecule has 3 rings (SSSR count). The Bertz CT molecular complexity index is 713. The molecule has 3 heterocycles. The minimum Gasteiger partial charge on any atom is -0.317 e. The van der Waals surface area contributed by atoms with Crippen LogP contribution in [0.25, 0.3) is 0 Å². The number of nitrogens with zero attached hydrogens (tertiary/aromatic N) is 4. The zero-order valence-electron chi connectivity index (χ0n) is 16.0. The smallest absolute Gasteiger partial charge is 0.227 e. The summed E-state index contributed by atoms with van der Waals surface area (Å²) in [4.78, 5) is 9.27. The number of likely N-dealkylation sites (tertiary alicyclic amines) is 2. The monoisotopic (exact) mass is 368 g/mol. The molecule has 1 atom stereocenters. The SMILES string of the molecule is CCN1CCC2(CCN(Cc3cnc(S(C)(=O)=O)n3CC(C)C)C2)C1. The number of hydrogen-bond acceptors (Lipinski definition) is 5. The van der Waals surface area contributed by atoms with E-state index in [0.717, 1.165) is 31.9 Å². The van der Waals surface area contributed by atoms with Gasteiger partial charge in [-0.1, -0.05) is 20.8 Å². The number of sulfone groups is 1. The normalized spacial score (nSPS) is 25.6. The minimum absolute atomic E-state index is 0.211. The van der Waals surface area contributed by atoms with Gasteiger partial charge in [-0.05, 0) is 43.8 Å². The first-order valence-corrected chi connectivity index (χ1v) is 11.3. The Labute approximate surface area is 152 Å². The molecular weight excluding hydrogens is 336 g/mol. The highest BCUT2D eigenvalue weighted by Crippen LogP contribution is 2.39. The van der Waals surface area contributed by atoms with Crippen molar-refractivity contribution in [2.75, 3.05) is 39.0 Å². The van der Waals surface area contributed by atoms with Crippen LogP contribution in [0.1, 0.15) is 39.3 Å². The first kappa shape index (κ1) is 18.9. The highest BCUT2D eigenvalue weighted by atomic mass is 32.2. The fourth-order valence-electron chi connectivity index (χ4n) is 4.40. The Balaban J connectivity index is 1.74. The molecule has 0 N–H and O–H groups in total. The second-order valence-corrected chi connectivity index (χ2v) is 10.3. The second-order valence-electron chi connectivity index (χ2n) is 8.39. The molecule has 7 heteroatoms. The summed E-state index contributed by atoms with van der Waals surface area (Å²) in [7, 11) is -3.30. The van der Waals surface area contributed by atoms with Gasteiger partial charge in [0.2, 0.25) is 15.0 Å². The topological polar surface area (TPSA) is 58.4 Å². The number of aromatic nitrogens is 2. The van der Waals surface area contributed by atoms with Gasteiger partial charge >= 0.3 is 0 Å². The van der Waals surface area contributed by atoms with Crippen molar-refractivity contribution in [2.24, 2.45) is 11.3 Å². The average Bonchev–Trinajstić information content (AvgIpc) is 3.20. The standard InChI is InChI=1S/C18H32N4O2S/c1-5-20-8-6-18(13-20)7-9-21(14-18)12-16-10-19-17(25(4,23)24)22(16)11-15(2)3/h10,15H,5-9,11-14H2,1-4H3. The number of rotatable bonds is 6. The van der Waals surface area contributed by atoms with E-state index < -0.39 is 9.84 Å². The van der Waals surface area contributed by atoms with Crippen LogP contribution in [0, 0.1) is 11.3 Å². The first-order valence-electron chi connectivity index (χ1n) is 9.41. The molecular formula is C18H32N4O2S. The molecule has 2 fully saturated rings. The Morgan fingerprint density at radius 3 is 2.40 bits per heavy atom. The summed E-state index contributed by atoms with van der Waals surface area (Å²) in [6.45, 7) is 13.7. The van der Waals surface area contributed by atoms with Crippen molar-refractivity contribution in [3.05, 3.63) is 11.9 Å². The van der Waals surface area contributed by atoms with Crippen LogP contribution >= 0.6 is 0 Å². The molecule has 2 aliphatic rings. The maximum Gasteiger partial charge on any atom is 0.227 e. The largest absolute Gasteiger partial charge is 0.317 e. The second kappa shape index (κ2) is 7.00. The Morgan fingerprint density at radius 2 is 1.84 bits per heavy atom. The van der Waals surface area contributed by atoms with Crippen molar-refractivity contribution in [1.29, 1.82) is 0 Å². The number of hydrogen-bond donors (Lipinski definition) is 0. The predicted molar refractivity (Wildman–Crippen MR) is 99.2 cm³/mol. The van der Waals surface area contributed by atoms with Gasteiger partial charge in [-0.25, -0.2) is 13.4 Å². The maximum absolute atomic E-state index is 12.1. The molecule has 0 amide bonds. The zero-order chi connectivity index (χ0) is 18.2. The van der Waals surface area contributed by atoms with Crippen LogP contribution in [-0.4, -0.2) is 66.7 Å². The molecule has 1 aromatic heterocycles. The highest BCUT2D eigenvalue weighted by molar-refractivity contribution is 7.90. The molecule has 142 valence electrons. The third-order valence-corrected chi connectivity index (χ3v) is 6.64. The summed E-state index contributed by atoms with van der Waals surface area (Å²) in [6, 6.07) is 0. The molecule has 6 nitrogen and oxygen atoms in total. The molecule has 1 unspecified atom stereocenters. The molecule has 0 saturated carbocycles. The van der Waals surface area contributed by atoms with Crippen molar-refractivity contribution >= 4 is 9.84 Å². The minimum atomic E-state index is -3.30. The van der Waals surface area contributed by atoms with Gasteiger partial charge in [0, 0.05) is 32.4 Å². The van der Waals surface area contributed by atoms with E-state index in [-0.39, 0.29) is 5.16 Å². The van der Waals surface area contributed by atoms with Gasteiger partial charge in [0.15, 0.2) is 0 Å². The maximum atomic E-state index is 12.1. The van der Waals surface area contributed by atoms with E-state index in [9.17, 15) is 8.42 Å². The van der Waals surface area contributed by atoms with Gasteiger partial charge in [-0.3, -0.25) is 4.90 Å². The Morgan fingerprint density at radius 1 is 1.20 bits per heavy atom. The fraction of sp³-hybridized carbons (Fsp3) is 0.833. The molecule has 0 bridgehead atoms. The van der Waals surface area contributed by atoms with E-state index in [1.165, 1.54) is 32.2 Å². The molecule has 25 heavy (non-hydrogen) atoms. The summed E-state index contributed by atoms with van der Waals surface area (Å²) in [5.41, 5.74) is 1.47. The molecule has 0 aliphatic carbocycles. The Kier molecular flexibility index (Phi) is 5.28. The van der Waals surface area contributed by atoms with Crippen molar-refractivity contribution in [1.82, 2.24) is 19.4 Å². The van der Waals surface area contributed by atoms with E-state index >= 15 is 0 Å². The summed E-state index contributed by atoms with van der Waals surface area (Å²) in [6.07, 6.45) is 5.55. The predicted octanol–water partition coefficient (Wildman–Crippen LogP) is 1.86. The lowest BCUT2D eigenvalue weighted by Gasteiger charge is -2.25. The van der Waals surface area contributed by atoms with Gasteiger partial charge in [-0.15, -0.1) is 0 Å². The van der Waals surface area contributed by atoms with Gasteiger partial charge in [0.1, 0.15) is 0 Å². The third kappa shape index (κ3) is 4.09. The van der Waals surface area contributed by atoms with Crippen LogP contribution in [-0.2, 0) is 22.9 Å². The lowest BCUT2D eigenvalue weighted by molar-refractivity contribution is 0.237. The van der Waals surface area contributed by atoms with Crippen molar-refractivity contribution in [2.45, 2.75) is 51.9 Å². The van der Waals surface area contributed by atoms with Crippen molar-refractivity contribution < 1.29 is 8.42 Å². The van der Waals surface area contributed by atoms with Gasteiger partial charge in [0.05, 0.1) is 11.9 Å². The van der Waals surface area contributed by atoms with Crippen LogP contribution in [0.15, 0.2) is 11.4 Å². The van der Waals surface area contributed by atoms with E-state index in [4.69, 9.17) is 0 Å². The van der Waals surface area contributed by atoms with E-state index in [0.29, 0.717) is 17.9 Å². The van der Waals surface area contributed by atoms with Gasteiger partial charge in [-0.2, -0.15) is 0 Å². The lowest BCUT2D eigenvalue weighted by atomic mass is 9.86. The first-order chi connectivity index (χ1) is 11.7. The summed E-state index contributed by atoms with van der Waals surface area (Å²) >= 11 is 0. The molecule has 2 saturated heterocycles. The summed E-state index contributed by atoms with van der Waals surface area (Å²) < 4.78 is 26.0. The quantitative estimate of drug-likeness (QED) is 0.767. The van der Waals surface area contributed by atoms with Gasteiger partial charge < -0.3 is 9.47 Å². The van der Waals surface area contributed by atoms with Crippen molar-refractivity contribution in [3.8, 4) is 0 Å². The number of imidazole rings is 1. The molecule has 2 aliphatic heterocycles. The molecule has 0 aromatic carbocycles. The molecule has 0 radical (unpaired) electrons. The summed E-state index contributed by atoms with van der Waals surface area (Å²) in [5.74, 6) is 0.381. The van der Waals surface area contributed by atoms with E-state index in [2.05, 4.69) is 35.6 Å². The van der Waals surface area contributed by atoms with Crippen LogP contribution in [0.2, 0.25) is 0 Å². The molecule has 1 aromatic rings. The highest BCUT2D eigenvalue weighted by Gasteiger charge is 2.43. The van der Waals surface area contributed by atoms with E-state index in [1.807, 2.05) is 4.57 Å². The van der Waals surface area contributed by atoms with Crippen LogP contribution in [0.3, 0.4) is 0 Å². The van der Waals surface area contributed by atoms with Gasteiger partial charge in [0.25, 0.3) is 0 Å². The lowest BCUT2D eigenvalue weighted by Crippen LogP contribution is -2.31. The zero-order valence-corrected chi connectivity index (χ0v) is 16.8. The third-order valence-electron chi connectivity index (χ3n) is 5.65. The summed E-state index contributed by atoms with van der Waals surface area (Å²) in [5, 5.41) is 0.211. The fourth-order valence-corrected chi connectivity index (χ4v) is 5.23. The average molecular weight is 369 g/mol. The van der Waals surface area contributed by atoms with Crippen LogP contribution in [0.4, 0.5) is 0 Å². The molecule has 1 spiro atoms. The Hall–Kier alpha value is -0.920.